The van der Waals surface area contributed by atoms with Crippen LogP contribution in [-0.2, 0) is 4.79 Å². The van der Waals surface area contributed by atoms with Crippen LogP contribution in [0.3, 0.4) is 0 Å². The molecular weight excluding hydrogens is 354 g/mol. The van der Waals surface area contributed by atoms with Gasteiger partial charge in [-0.2, -0.15) is 0 Å². The zero-order valence-corrected chi connectivity index (χ0v) is 13.8. The summed E-state index contributed by atoms with van der Waals surface area (Å²) in [7, 11) is 0. The van der Waals surface area contributed by atoms with Gasteiger partial charge in [0.2, 0.25) is 0 Å². The maximum atomic E-state index is 11.9. The molecular formula is C16H15BrClNO2. The summed E-state index contributed by atoms with van der Waals surface area (Å²) in [5.41, 5.74) is 0.955. The molecule has 0 saturated carbocycles. The lowest BCUT2D eigenvalue weighted by molar-refractivity contribution is -0.123. The number of nitrogens with one attached hydrogen (secondary N) is 1. The molecule has 5 heteroatoms. The van der Waals surface area contributed by atoms with Crippen molar-refractivity contribution in [1.82, 2.24) is 5.32 Å². The molecule has 0 aliphatic rings. The molecule has 2 aromatic rings. The highest BCUT2D eigenvalue weighted by molar-refractivity contribution is 9.10. The quantitative estimate of drug-likeness (QED) is 0.851. The lowest BCUT2D eigenvalue weighted by Gasteiger charge is -2.15. The first-order chi connectivity index (χ1) is 10.1. The highest BCUT2D eigenvalue weighted by atomic mass is 79.9. The lowest BCUT2D eigenvalue weighted by Crippen LogP contribution is -2.31. The third-order valence-corrected chi connectivity index (χ3v) is 3.81. The van der Waals surface area contributed by atoms with E-state index in [1.54, 1.807) is 12.1 Å². The van der Waals surface area contributed by atoms with E-state index in [1.165, 1.54) is 0 Å². The Kier molecular flexibility index (Phi) is 5.65. The Labute approximate surface area is 137 Å². The van der Waals surface area contributed by atoms with Crippen LogP contribution < -0.4 is 10.1 Å². The smallest absolute Gasteiger partial charge is 0.258 e. The second-order valence-electron chi connectivity index (χ2n) is 4.56. The molecule has 1 atom stereocenters. The minimum absolute atomic E-state index is 0.0342. The second kappa shape index (κ2) is 7.48. The third-order valence-electron chi connectivity index (χ3n) is 2.92. The number of carbonyl (C=O) groups is 1. The van der Waals surface area contributed by atoms with E-state index >= 15 is 0 Å². The van der Waals surface area contributed by atoms with Gasteiger partial charge in [0.05, 0.1) is 10.5 Å². The largest absolute Gasteiger partial charge is 0.483 e. The van der Waals surface area contributed by atoms with Gasteiger partial charge in [0, 0.05) is 5.02 Å². The molecule has 1 N–H and O–H groups in total. The first kappa shape index (κ1) is 15.9. The number of amides is 1. The molecule has 0 heterocycles. The van der Waals surface area contributed by atoms with Crippen molar-refractivity contribution in [2.75, 3.05) is 6.61 Å². The average Bonchev–Trinajstić information content (AvgIpc) is 2.46. The predicted octanol–water partition coefficient (Wildman–Crippen LogP) is 4.36. The first-order valence-electron chi connectivity index (χ1n) is 6.48. The molecule has 0 unspecified atom stereocenters. The van der Waals surface area contributed by atoms with Crippen LogP contribution in [0.1, 0.15) is 18.5 Å². The fourth-order valence-electron chi connectivity index (χ4n) is 1.85. The van der Waals surface area contributed by atoms with Crippen molar-refractivity contribution in [3.05, 3.63) is 63.6 Å². The Bertz CT molecular complexity index is 633. The van der Waals surface area contributed by atoms with Gasteiger partial charge in [-0.3, -0.25) is 4.79 Å². The number of carbonyl (C=O) groups excluding carboxylic acids is 1. The van der Waals surface area contributed by atoms with Crippen LogP contribution in [0.4, 0.5) is 0 Å². The van der Waals surface area contributed by atoms with Crippen molar-refractivity contribution in [3.63, 3.8) is 0 Å². The number of para-hydroxylation sites is 1. The van der Waals surface area contributed by atoms with Crippen molar-refractivity contribution in [2.24, 2.45) is 0 Å². The van der Waals surface area contributed by atoms with Gasteiger partial charge in [0.25, 0.3) is 5.91 Å². The highest BCUT2D eigenvalue weighted by Gasteiger charge is 2.11. The van der Waals surface area contributed by atoms with E-state index in [0.29, 0.717) is 10.8 Å². The van der Waals surface area contributed by atoms with E-state index in [1.807, 2.05) is 43.3 Å². The molecule has 0 aliphatic heterocycles. The Balaban J connectivity index is 1.89. The zero-order chi connectivity index (χ0) is 15.2. The van der Waals surface area contributed by atoms with Crippen molar-refractivity contribution < 1.29 is 9.53 Å². The van der Waals surface area contributed by atoms with E-state index in [4.69, 9.17) is 16.3 Å². The van der Waals surface area contributed by atoms with Crippen molar-refractivity contribution in [3.8, 4) is 5.75 Å². The number of ether oxygens (including phenoxy) is 1. The Morgan fingerprint density at radius 3 is 2.76 bits per heavy atom. The zero-order valence-electron chi connectivity index (χ0n) is 11.5. The summed E-state index contributed by atoms with van der Waals surface area (Å²) in [5, 5.41) is 3.53. The van der Waals surface area contributed by atoms with Gasteiger partial charge in [0.1, 0.15) is 5.75 Å². The van der Waals surface area contributed by atoms with Gasteiger partial charge in [-0.15, -0.1) is 0 Å². The van der Waals surface area contributed by atoms with Gasteiger partial charge in [-0.05, 0) is 52.7 Å². The number of hydrogen-bond donors (Lipinski definition) is 1. The summed E-state index contributed by atoms with van der Waals surface area (Å²) in [4.78, 5) is 11.9. The minimum atomic E-state index is -0.182. The van der Waals surface area contributed by atoms with Crippen molar-refractivity contribution in [2.45, 2.75) is 13.0 Å². The van der Waals surface area contributed by atoms with Gasteiger partial charge in [0.15, 0.2) is 6.61 Å². The molecule has 1 amide bonds. The van der Waals surface area contributed by atoms with E-state index in [9.17, 15) is 4.79 Å². The van der Waals surface area contributed by atoms with Gasteiger partial charge in [-0.1, -0.05) is 35.9 Å². The van der Waals surface area contributed by atoms with Gasteiger partial charge >= 0.3 is 0 Å². The van der Waals surface area contributed by atoms with Crippen LogP contribution in [0.2, 0.25) is 5.02 Å². The second-order valence-corrected chi connectivity index (χ2v) is 5.85. The molecule has 0 spiro atoms. The third kappa shape index (κ3) is 4.76. The summed E-state index contributed by atoms with van der Waals surface area (Å²) in [5.74, 6) is 0.460. The molecule has 21 heavy (non-hydrogen) atoms. The Hall–Kier alpha value is -1.52. The number of hydrogen-bond acceptors (Lipinski definition) is 2. The summed E-state index contributed by atoms with van der Waals surface area (Å²) in [6.45, 7) is 1.87. The van der Waals surface area contributed by atoms with Gasteiger partial charge in [-0.25, -0.2) is 0 Å². The van der Waals surface area contributed by atoms with E-state index in [-0.39, 0.29) is 18.6 Å². The Morgan fingerprint density at radius 1 is 1.29 bits per heavy atom. The van der Waals surface area contributed by atoms with E-state index in [0.717, 1.165) is 10.0 Å². The maximum Gasteiger partial charge on any atom is 0.258 e. The average molecular weight is 369 g/mol. The van der Waals surface area contributed by atoms with Crippen LogP contribution >= 0.6 is 27.5 Å². The maximum absolute atomic E-state index is 11.9. The topological polar surface area (TPSA) is 38.3 Å². The molecule has 0 saturated heterocycles. The molecule has 3 nitrogen and oxygen atoms in total. The molecule has 2 rings (SSSR count). The van der Waals surface area contributed by atoms with Gasteiger partial charge < -0.3 is 10.1 Å². The van der Waals surface area contributed by atoms with Crippen LogP contribution in [-0.4, -0.2) is 12.5 Å². The van der Waals surface area contributed by atoms with Crippen LogP contribution in [0.15, 0.2) is 53.0 Å². The van der Waals surface area contributed by atoms with Crippen molar-refractivity contribution >= 4 is 33.4 Å². The number of benzene rings is 2. The Morgan fingerprint density at radius 2 is 2.05 bits per heavy atom. The highest BCUT2D eigenvalue weighted by Crippen LogP contribution is 2.23. The molecule has 0 bridgehead atoms. The first-order valence-corrected chi connectivity index (χ1v) is 7.65. The molecule has 2 aromatic carbocycles. The molecule has 0 fully saturated rings. The van der Waals surface area contributed by atoms with Crippen molar-refractivity contribution in [1.29, 1.82) is 0 Å². The summed E-state index contributed by atoms with van der Waals surface area (Å²) < 4.78 is 6.29. The van der Waals surface area contributed by atoms with Crippen LogP contribution in [0, 0.1) is 0 Å². The number of rotatable bonds is 5. The summed E-state index contributed by atoms with van der Waals surface area (Å²) in [6.07, 6.45) is 0. The summed E-state index contributed by atoms with van der Waals surface area (Å²) >= 11 is 9.31. The van der Waals surface area contributed by atoms with E-state index < -0.39 is 0 Å². The summed E-state index contributed by atoms with van der Waals surface area (Å²) in [6, 6.07) is 14.7. The normalized spacial score (nSPS) is 11.8. The number of halogens is 2. The molecule has 0 aliphatic carbocycles. The monoisotopic (exact) mass is 367 g/mol. The lowest BCUT2D eigenvalue weighted by atomic mass is 10.1. The fourth-order valence-corrected chi connectivity index (χ4v) is 2.45. The molecule has 0 radical (unpaired) electrons. The van der Waals surface area contributed by atoms with Crippen LogP contribution in [0.5, 0.6) is 5.75 Å². The SMILES string of the molecule is C[C@@H](NC(=O)COc1ccccc1Br)c1cccc(Cl)c1. The fraction of sp³-hybridized carbons (Fsp3) is 0.188. The van der Waals surface area contributed by atoms with Crippen LogP contribution in [0.25, 0.3) is 0 Å². The predicted molar refractivity (Wildman–Crippen MR) is 87.6 cm³/mol. The van der Waals surface area contributed by atoms with E-state index in [2.05, 4.69) is 21.2 Å². The standard InChI is InChI=1S/C16H15BrClNO2/c1-11(12-5-4-6-13(18)9-12)19-16(20)10-21-15-8-3-2-7-14(15)17/h2-9,11H,10H2,1H3,(H,19,20)/t11-/m1/s1. The minimum Gasteiger partial charge on any atom is -0.483 e. The molecule has 0 aromatic heterocycles. The molecule has 110 valence electrons.